The van der Waals surface area contributed by atoms with E-state index in [0.29, 0.717) is 10.8 Å². The molecule has 1 heteroatoms. The van der Waals surface area contributed by atoms with Crippen molar-refractivity contribution in [3.63, 3.8) is 0 Å². The third kappa shape index (κ3) is 3.84. The molecule has 3 fully saturated rings. The number of allylic oxidation sites excluding steroid dienone is 1. The van der Waals surface area contributed by atoms with Crippen LogP contribution in [0.25, 0.3) is 0 Å². The lowest BCUT2D eigenvalue weighted by Gasteiger charge is -2.58. The van der Waals surface area contributed by atoms with Gasteiger partial charge in [0.2, 0.25) is 0 Å². The summed E-state index contributed by atoms with van der Waals surface area (Å²) in [6.07, 6.45) is 17.1. The van der Waals surface area contributed by atoms with E-state index in [4.69, 9.17) is 0 Å². The molecule has 3 saturated carbocycles. The minimum absolute atomic E-state index is 0.0798. The van der Waals surface area contributed by atoms with E-state index >= 15 is 0 Å². The Hall–Kier alpha value is -0.300. The molecule has 0 radical (unpaired) electrons. The van der Waals surface area contributed by atoms with Gasteiger partial charge in [-0.1, -0.05) is 59.6 Å². The van der Waals surface area contributed by atoms with Gasteiger partial charge in [-0.2, -0.15) is 0 Å². The molecule has 4 rings (SSSR count). The van der Waals surface area contributed by atoms with Crippen molar-refractivity contribution in [3.05, 3.63) is 11.6 Å². The fraction of sp³-hybridized carbons (Fsp3) is 0.931. The van der Waals surface area contributed by atoms with Gasteiger partial charge in [-0.25, -0.2) is 0 Å². The van der Waals surface area contributed by atoms with Gasteiger partial charge in [-0.3, -0.25) is 0 Å². The Balaban J connectivity index is 1.50. The van der Waals surface area contributed by atoms with Crippen molar-refractivity contribution in [3.8, 4) is 0 Å². The van der Waals surface area contributed by atoms with Gasteiger partial charge < -0.3 is 5.11 Å². The third-order valence-corrected chi connectivity index (χ3v) is 10.9. The monoisotopic (exact) mass is 414 g/mol. The molecule has 0 unspecified atom stereocenters. The Morgan fingerprint density at radius 3 is 2.47 bits per heavy atom. The van der Waals surface area contributed by atoms with E-state index in [-0.39, 0.29) is 6.10 Å². The van der Waals surface area contributed by atoms with Crippen molar-refractivity contribution < 1.29 is 5.11 Å². The molecule has 0 heterocycles. The largest absolute Gasteiger partial charge is 0.393 e. The number of aliphatic hydroxyl groups excluding tert-OH is 1. The Bertz CT molecular complexity index is 634. The zero-order valence-corrected chi connectivity index (χ0v) is 20.9. The highest BCUT2D eigenvalue weighted by Crippen LogP contribution is 2.67. The van der Waals surface area contributed by atoms with Crippen LogP contribution in [-0.4, -0.2) is 11.2 Å². The van der Waals surface area contributed by atoms with Crippen molar-refractivity contribution in [2.75, 3.05) is 0 Å². The van der Waals surface area contributed by atoms with Crippen LogP contribution in [0.4, 0.5) is 0 Å². The summed E-state index contributed by atoms with van der Waals surface area (Å²) in [5.41, 5.74) is 2.58. The van der Waals surface area contributed by atoms with Crippen LogP contribution in [0.3, 0.4) is 0 Å². The number of aliphatic hydroxyl groups is 1. The predicted molar refractivity (Wildman–Crippen MR) is 128 cm³/mol. The van der Waals surface area contributed by atoms with Crippen LogP contribution >= 0.6 is 0 Å². The van der Waals surface area contributed by atoms with Crippen LogP contribution in [0.15, 0.2) is 11.6 Å². The van der Waals surface area contributed by atoms with Crippen LogP contribution in [0.1, 0.15) is 112 Å². The highest BCUT2D eigenvalue weighted by molar-refractivity contribution is 5.25. The Kier molecular flexibility index (Phi) is 6.53. The molecule has 0 saturated heterocycles. The van der Waals surface area contributed by atoms with Crippen molar-refractivity contribution in [2.24, 2.45) is 52.3 Å². The summed E-state index contributed by atoms with van der Waals surface area (Å²) in [5.74, 6) is 6.31. The zero-order chi connectivity index (χ0) is 21.7. The lowest BCUT2D eigenvalue weighted by molar-refractivity contribution is -0.0582. The third-order valence-electron chi connectivity index (χ3n) is 10.9. The molecule has 0 aliphatic heterocycles. The van der Waals surface area contributed by atoms with Crippen LogP contribution in [-0.2, 0) is 0 Å². The first-order chi connectivity index (χ1) is 14.2. The molecule has 0 bridgehead atoms. The average molecular weight is 415 g/mol. The quantitative estimate of drug-likeness (QED) is 0.436. The molecule has 0 aromatic heterocycles. The number of hydrogen-bond donors (Lipinski definition) is 1. The standard InChI is InChI=1S/C29H50O/c1-7-21(16-19(2)3)17-20(4)25-10-11-26-24-9-8-22-18-23(30)12-14-28(22,5)27(24)13-15-29(25,26)6/h8,19-21,23-27,30H,7,9-18H2,1-6H3/t20-,21+,23+,24+,25-,26+,27+,28+,29-/m1/s1. The van der Waals surface area contributed by atoms with Crippen LogP contribution in [0.2, 0.25) is 0 Å². The van der Waals surface area contributed by atoms with E-state index in [1.807, 2.05) is 0 Å². The van der Waals surface area contributed by atoms with Crippen LogP contribution in [0, 0.1) is 52.3 Å². The summed E-state index contributed by atoms with van der Waals surface area (Å²) in [5, 5.41) is 10.3. The fourth-order valence-electron chi connectivity index (χ4n) is 9.40. The first-order valence-electron chi connectivity index (χ1n) is 13.6. The average Bonchev–Trinajstić information content (AvgIpc) is 3.05. The topological polar surface area (TPSA) is 20.2 Å². The van der Waals surface area contributed by atoms with E-state index in [1.165, 1.54) is 57.8 Å². The normalized spacial score (nSPS) is 45.3. The van der Waals surface area contributed by atoms with Crippen molar-refractivity contribution >= 4 is 0 Å². The molecule has 4 aliphatic rings. The van der Waals surface area contributed by atoms with E-state index in [0.717, 1.165) is 54.3 Å². The van der Waals surface area contributed by atoms with E-state index < -0.39 is 0 Å². The number of rotatable bonds is 6. The van der Waals surface area contributed by atoms with Gasteiger partial charge in [-0.15, -0.1) is 0 Å². The molecule has 1 N–H and O–H groups in total. The van der Waals surface area contributed by atoms with Gasteiger partial charge >= 0.3 is 0 Å². The number of fused-ring (bicyclic) bond motifs is 5. The van der Waals surface area contributed by atoms with Gasteiger partial charge in [0, 0.05) is 0 Å². The zero-order valence-electron chi connectivity index (χ0n) is 20.9. The Morgan fingerprint density at radius 1 is 1.00 bits per heavy atom. The molecule has 0 aromatic rings. The SMILES string of the molecule is CC[C@@H](CC(C)C)C[C@@H](C)[C@H]1CC[C@H]2[C@@H]3CC=C4C[C@@H](O)CC[C@]4(C)[C@H]3CC[C@]12C. The Morgan fingerprint density at radius 2 is 1.77 bits per heavy atom. The molecule has 30 heavy (non-hydrogen) atoms. The maximum Gasteiger partial charge on any atom is 0.0577 e. The smallest absolute Gasteiger partial charge is 0.0577 e. The molecular weight excluding hydrogens is 364 g/mol. The molecule has 9 atom stereocenters. The summed E-state index contributed by atoms with van der Waals surface area (Å²) >= 11 is 0. The lowest BCUT2D eigenvalue weighted by Crippen LogP contribution is -2.50. The van der Waals surface area contributed by atoms with Crippen LogP contribution in [0.5, 0.6) is 0 Å². The molecule has 0 spiro atoms. The summed E-state index contributed by atoms with van der Waals surface area (Å²) in [7, 11) is 0. The minimum atomic E-state index is -0.0798. The van der Waals surface area contributed by atoms with E-state index in [2.05, 4.69) is 47.6 Å². The summed E-state index contributed by atoms with van der Waals surface area (Å²) in [6.45, 7) is 15.1. The predicted octanol–water partition coefficient (Wildman–Crippen LogP) is 8.02. The molecule has 4 aliphatic carbocycles. The van der Waals surface area contributed by atoms with Crippen molar-refractivity contribution in [2.45, 2.75) is 118 Å². The molecular formula is C29H50O. The highest BCUT2D eigenvalue weighted by atomic mass is 16.3. The first-order valence-corrected chi connectivity index (χ1v) is 13.6. The maximum atomic E-state index is 10.3. The summed E-state index contributed by atoms with van der Waals surface area (Å²) < 4.78 is 0. The van der Waals surface area contributed by atoms with Crippen LogP contribution < -0.4 is 0 Å². The van der Waals surface area contributed by atoms with Gasteiger partial charge in [0.1, 0.15) is 0 Å². The minimum Gasteiger partial charge on any atom is -0.393 e. The van der Waals surface area contributed by atoms with E-state index in [1.54, 1.807) is 5.57 Å². The molecule has 0 amide bonds. The molecule has 172 valence electrons. The molecule has 0 aromatic carbocycles. The second-order valence-electron chi connectivity index (χ2n) is 13.0. The van der Waals surface area contributed by atoms with Gasteiger partial charge in [0.15, 0.2) is 0 Å². The molecule has 1 nitrogen and oxygen atoms in total. The summed E-state index contributed by atoms with van der Waals surface area (Å²) in [6, 6.07) is 0. The van der Waals surface area contributed by atoms with Gasteiger partial charge in [0.05, 0.1) is 6.10 Å². The Labute approximate surface area is 187 Å². The summed E-state index contributed by atoms with van der Waals surface area (Å²) in [4.78, 5) is 0. The van der Waals surface area contributed by atoms with Gasteiger partial charge in [0.25, 0.3) is 0 Å². The first kappa shape index (κ1) is 22.9. The maximum absolute atomic E-state index is 10.3. The highest BCUT2D eigenvalue weighted by Gasteiger charge is 2.59. The lowest BCUT2D eigenvalue weighted by atomic mass is 9.47. The fourth-order valence-corrected chi connectivity index (χ4v) is 9.40. The van der Waals surface area contributed by atoms with E-state index in [9.17, 15) is 5.11 Å². The van der Waals surface area contributed by atoms with Gasteiger partial charge in [-0.05, 0) is 116 Å². The van der Waals surface area contributed by atoms with Crippen molar-refractivity contribution in [1.29, 1.82) is 0 Å². The number of hydrogen-bond acceptors (Lipinski definition) is 1. The second-order valence-corrected chi connectivity index (χ2v) is 13.0. The van der Waals surface area contributed by atoms with Crippen molar-refractivity contribution in [1.82, 2.24) is 0 Å². The second kappa shape index (κ2) is 8.57.